The van der Waals surface area contributed by atoms with E-state index < -0.39 is 0 Å². The van der Waals surface area contributed by atoms with Gasteiger partial charge in [0.15, 0.2) is 5.11 Å². The van der Waals surface area contributed by atoms with Crippen molar-refractivity contribution >= 4 is 34.6 Å². The molecule has 1 saturated carbocycles. The number of thiocarbonyl (C=S) groups is 1. The van der Waals surface area contributed by atoms with E-state index in [0.29, 0.717) is 11.2 Å². The maximum Gasteiger partial charge on any atom is 0.250 e. The van der Waals surface area contributed by atoms with Crippen molar-refractivity contribution in [2.45, 2.75) is 64.6 Å². The SMILES string of the molecule is COCC(=O)Nc1ccc(N2C(=S)N[C@H](c3ccccn3)[C@@H]2c2cc(C)n(C3CCCC3)c2C)cc1C. The number of aromatic nitrogens is 2. The molecule has 3 heterocycles. The Bertz CT molecular complexity index is 1300. The van der Waals surface area contributed by atoms with Crippen LogP contribution in [0.3, 0.4) is 0 Å². The Morgan fingerprint density at radius 3 is 2.62 bits per heavy atom. The highest BCUT2D eigenvalue weighted by Crippen LogP contribution is 2.45. The van der Waals surface area contributed by atoms with E-state index in [4.69, 9.17) is 21.9 Å². The third-order valence-electron chi connectivity index (χ3n) is 7.67. The van der Waals surface area contributed by atoms with Gasteiger partial charge in [0.2, 0.25) is 5.91 Å². The van der Waals surface area contributed by atoms with Crippen LogP contribution in [0.4, 0.5) is 11.4 Å². The molecule has 1 aliphatic heterocycles. The minimum Gasteiger partial charge on any atom is -0.375 e. The van der Waals surface area contributed by atoms with Crippen LogP contribution in [0.2, 0.25) is 0 Å². The summed E-state index contributed by atoms with van der Waals surface area (Å²) >= 11 is 5.94. The van der Waals surface area contributed by atoms with E-state index in [2.05, 4.69) is 52.1 Å². The maximum atomic E-state index is 12.1. The molecule has 2 aromatic heterocycles. The fraction of sp³-hybridized carbons (Fsp3) is 0.414. The lowest BCUT2D eigenvalue weighted by molar-refractivity contribution is -0.119. The summed E-state index contributed by atoms with van der Waals surface area (Å²) in [6.45, 7) is 6.48. The number of aryl methyl sites for hydroxylation is 2. The van der Waals surface area contributed by atoms with Crippen molar-refractivity contribution < 1.29 is 9.53 Å². The second-order valence-corrected chi connectivity index (χ2v) is 10.5. The van der Waals surface area contributed by atoms with Gasteiger partial charge < -0.3 is 24.8 Å². The first-order valence-corrected chi connectivity index (χ1v) is 13.4. The third kappa shape index (κ3) is 4.88. The van der Waals surface area contributed by atoms with Crippen molar-refractivity contribution in [1.82, 2.24) is 14.9 Å². The maximum absolute atomic E-state index is 12.1. The van der Waals surface area contributed by atoms with Gasteiger partial charge in [0.1, 0.15) is 6.61 Å². The molecule has 2 atom stereocenters. The monoisotopic (exact) mass is 517 g/mol. The number of rotatable bonds is 7. The van der Waals surface area contributed by atoms with Crippen LogP contribution in [0, 0.1) is 20.8 Å². The number of anilines is 2. The zero-order valence-corrected chi connectivity index (χ0v) is 22.8. The fourth-order valence-corrected chi connectivity index (χ4v) is 6.38. The number of benzene rings is 1. The topological polar surface area (TPSA) is 71.4 Å². The number of hydrogen-bond donors (Lipinski definition) is 2. The average Bonchev–Trinajstić information content (AvgIpc) is 3.59. The summed E-state index contributed by atoms with van der Waals surface area (Å²) in [6.07, 6.45) is 6.89. The number of nitrogens with one attached hydrogen (secondary N) is 2. The molecule has 2 fully saturated rings. The van der Waals surface area contributed by atoms with Crippen LogP contribution in [0.25, 0.3) is 0 Å². The lowest BCUT2D eigenvalue weighted by Crippen LogP contribution is -2.29. The van der Waals surface area contributed by atoms with Gasteiger partial charge in [-0.3, -0.25) is 9.78 Å². The largest absolute Gasteiger partial charge is 0.375 e. The number of methoxy groups -OCH3 is 1. The highest BCUT2D eigenvalue weighted by atomic mass is 32.1. The number of nitrogens with zero attached hydrogens (tertiary/aromatic N) is 3. The molecule has 37 heavy (non-hydrogen) atoms. The first kappa shape index (κ1) is 25.4. The van der Waals surface area contributed by atoms with Gasteiger partial charge in [0.05, 0.1) is 17.8 Å². The first-order valence-electron chi connectivity index (χ1n) is 13.0. The van der Waals surface area contributed by atoms with Crippen LogP contribution in [-0.2, 0) is 9.53 Å². The van der Waals surface area contributed by atoms with E-state index >= 15 is 0 Å². The van der Waals surface area contributed by atoms with Gasteiger partial charge in [-0.1, -0.05) is 18.9 Å². The summed E-state index contributed by atoms with van der Waals surface area (Å²) in [4.78, 5) is 19.0. The summed E-state index contributed by atoms with van der Waals surface area (Å²) in [5.74, 6) is -0.177. The zero-order chi connectivity index (χ0) is 26.1. The van der Waals surface area contributed by atoms with Crippen LogP contribution < -0.4 is 15.5 Å². The summed E-state index contributed by atoms with van der Waals surface area (Å²) in [5.41, 5.74) is 7.53. The number of ether oxygens (including phenoxy) is 1. The fourth-order valence-electron chi connectivity index (χ4n) is 6.03. The smallest absolute Gasteiger partial charge is 0.250 e. The van der Waals surface area contributed by atoms with Crippen LogP contribution in [0.15, 0.2) is 48.7 Å². The minimum atomic E-state index is -0.177. The van der Waals surface area contributed by atoms with Gasteiger partial charge >= 0.3 is 0 Å². The Morgan fingerprint density at radius 2 is 1.95 bits per heavy atom. The summed E-state index contributed by atoms with van der Waals surface area (Å²) in [7, 11) is 1.51. The highest BCUT2D eigenvalue weighted by molar-refractivity contribution is 7.80. The minimum absolute atomic E-state index is 0.0196. The van der Waals surface area contributed by atoms with E-state index in [9.17, 15) is 4.79 Å². The van der Waals surface area contributed by atoms with E-state index in [1.165, 1.54) is 49.7 Å². The van der Waals surface area contributed by atoms with Gasteiger partial charge in [-0.2, -0.15) is 0 Å². The van der Waals surface area contributed by atoms with Crippen molar-refractivity contribution in [3.63, 3.8) is 0 Å². The van der Waals surface area contributed by atoms with Crippen molar-refractivity contribution in [2.75, 3.05) is 23.9 Å². The molecule has 1 amide bonds. The number of hydrogen-bond acceptors (Lipinski definition) is 4. The number of pyridine rings is 1. The van der Waals surface area contributed by atoms with Gasteiger partial charge in [-0.15, -0.1) is 0 Å². The molecule has 7 nitrogen and oxygen atoms in total. The summed E-state index contributed by atoms with van der Waals surface area (Å²) in [5, 5.41) is 7.17. The predicted molar refractivity (Wildman–Crippen MR) is 151 cm³/mol. The van der Waals surface area contributed by atoms with Crippen LogP contribution in [0.1, 0.15) is 72.0 Å². The molecular weight excluding hydrogens is 482 g/mol. The average molecular weight is 518 g/mol. The van der Waals surface area contributed by atoms with Crippen molar-refractivity contribution in [3.8, 4) is 0 Å². The normalized spacial score (nSPS) is 19.9. The number of amides is 1. The molecule has 194 valence electrons. The Morgan fingerprint density at radius 1 is 1.16 bits per heavy atom. The molecule has 0 bridgehead atoms. The summed E-state index contributed by atoms with van der Waals surface area (Å²) in [6, 6.07) is 14.8. The lowest BCUT2D eigenvalue weighted by atomic mass is 9.96. The molecule has 1 aliphatic carbocycles. The van der Waals surface area contributed by atoms with Crippen molar-refractivity contribution in [3.05, 3.63) is 76.9 Å². The number of carbonyl (C=O) groups excluding carboxylic acids is 1. The van der Waals surface area contributed by atoms with E-state index in [-0.39, 0.29) is 24.6 Å². The Kier molecular flexibility index (Phi) is 7.31. The van der Waals surface area contributed by atoms with Gasteiger partial charge in [0, 0.05) is 42.1 Å². The van der Waals surface area contributed by atoms with Crippen molar-refractivity contribution in [2.24, 2.45) is 0 Å². The molecule has 1 aromatic carbocycles. The molecule has 0 spiro atoms. The molecule has 8 heteroatoms. The molecule has 0 unspecified atom stereocenters. The van der Waals surface area contributed by atoms with Crippen LogP contribution >= 0.6 is 12.2 Å². The molecule has 1 saturated heterocycles. The zero-order valence-electron chi connectivity index (χ0n) is 22.0. The first-order chi connectivity index (χ1) is 17.9. The second kappa shape index (κ2) is 10.6. The van der Waals surface area contributed by atoms with E-state index in [1.54, 1.807) is 0 Å². The third-order valence-corrected chi connectivity index (χ3v) is 7.98. The molecular formula is C29H35N5O2S. The Hall–Kier alpha value is -3.23. The quantitative estimate of drug-likeness (QED) is 0.393. The summed E-state index contributed by atoms with van der Waals surface area (Å²) < 4.78 is 7.50. The molecule has 2 N–H and O–H groups in total. The van der Waals surface area contributed by atoms with Crippen LogP contribution in [0.5, 0.6) is 0 Å². The van der Waals surface area contributed by atoms with Gasteiger partial charge in [-0.25, -0.2) is 0 Å². The van der Waals surface area contributed by atoms with Crippen molar-refractivity contribution in [1.29, 1.82) is 0 Å². The second-order valence-electron chi connectivity index (χ2n) is 10.1. The Balaban J connectivity index is 1.57. The molecule has 2 aliphatic rings. The van der Waals surface area contributed by atoms with E-state index in [0.717, 1.165) is 22.6 Å². The van der Waals surface area contributed by atoms with E-state index in [1.807, 2.05) is 37.4 Å². The predicted octanol–water partition coefficient (Wildman–Crippen LogP) is 5.69. The Labute approximate surface area is 224 Å². The standard InChI is InChI=1S/C29H35N5O2S/c1-18-15-22(12-13-24(18)31-26(35)17-36-4)34-28(27(32-29(34)37)25-11-7-8-14-30-25)23-16-19(2)33(20(23)3)21-9-5-6-10-21/h7-8,11-16,21,27-28H,5-6,9-10,17H2,1-4H3,(H,31,35)(H,32,37)/t27-,28+/m1/s1. The molecule has 0 radical (unpaired) electrons. The van der Waals surface area contributed by atoms with Gasteiger partial charge in [-0.05, 0) is 93.4 Å². The molecule has 5 rings (SSSR count). The van der Waals surface area contributed by atoms with Crippen LogP contribution in [-0.4, -0.2) is 34.3 Å². The lowest BCUT2D eigenvalue weighted by Gasteiger charge is -2.29. The molecule has 3 aromatic rings. The number of carbonyl (C=O) groups is 1. The highest BCUT2D eigenvalue weighted by Gasteiger charge is 2.42. The van der Waals surface area contributed by atoms with Gasteiger partial charge in [0.25, 0.3) is 0 Å².